The van der Waals surface area contributed by atoms with E-state index >= 15 is 0 Å². The van der Waals surface area contributed by atoms with Crippen LogP contribution >= 0.6 is 0 Å². The fraction of sp³-hybridized carbons (Fsp3) is 0.821. The van der Waals surface area contributed by atoms with Crippen LogP contribution in [0.2, 0.25) is 0 Å². The predicted octanol–water partition coefficient (Wildman–Crippen LogP) is 16.2. The van der Waals surface area contributed by atoms with Crippen LogP contribution in [0.25, 0.3) is 0 Å². The van der Waals surface area contributed by atoms with Gasteiger partial charge in [0, 0.05) is 6.42 Å². The molecule has 0 aliphatic rings. The van der Waals surface area contributed by atoms with Crippen molar-refractivity contribution in [3.63, 3.8) is 0 Å². The number of aliphatic hydroxyl groups is 2. The zero-order valence-electron chi connectivity index (χ0n) is 41.3. The molecule has 3 unspecified atom stereocenters. The first-order valence-electron chi connectivity index (χ1n) is 26.9. The van der Waals surface area contributed by atoms with Crippen molar-refractivity contribution in [3.05, 3.63) is 48.6 Å². The summed E-state index contributed by atoms with van der Waals surface area (Å²) in [7, 11) is 0. The fourth-order valence-electron chi connectivity index (χ4n) is 8.11. The quantitative estimate of drug-likeness (QED) is 0.0245. The minimum atomic E-state index is -0.796. The molecule has 0 fully saturated rings. The maximum Gasteiger partial charge on any atom is 0.306 e. The van der Waals surface area contributed by atoms with Gasteiger partial charge in [0.05, 0.1) is 25.2 Å². The van der Waals surface area contributed by atoms with E-state index in [-0.39, 0.29) is 24.9 Å². The third kappa shape index (κ3) is 44.4. The minimum Gasteiger partial charge on any atom is -0.462 e. The molecule has 3 N–H and O–H groups in total. The molecule has 0 spiro atoms. The van der Waals surface area contributed by atoms with E-state index in [0.717, 1.165) is 89.9 Å². The van der Waals surface area contributed by atoms with Crippen LogP contribution in [0.4, 0.5) is 0 Å². The van der Waals surface area contributed by atoms with Crippen molar-refractivity contribution < 1.29 is 24.5 Å². The lowest BCUT2D eigenvalue weighted by Crippen LogP contribution is -2.46. The molecule has 362 valence electrons. The van der Waals surface area contributed by atoms with Gasteiger partial charge in [0.25, 0.3) is 0 Å². The molecule has 0 aromatic heterocycles. The lowest BCUT2D eigenvalue weighted by molar-refractivity contribution is -0.151. The van der Waals surface area contributed by atoms with Gasteiger partial charge in [-0.15, -0.1) is 0 Å². The summed E-state index contributed by atoms with van der Waals surface area (Å²) >= 11 is 0. The van der Waals surface area contributed by atoms with E-state index in [1.807, 2.05) is 0 Å². The highest BCUT2D eigenvalue weighted by Gasteiger charge is 2.24. The van der Waals surface area contributed by atoms with E-state index in [0.29, 0.717) is 19.3 Å². The number of carbonyl (C=O) groups excluding carboxylic acids is 2. The Kier molecular flexibility index (Phi) is 48.1. The van der Waals surface area contributed by atoms with Crippen molar-refractivity contribution in [2.24, 2.45) is 0 Å². The lowest BCUT2D eigenvalue weighted by Gasteiger charge is -2.24. The van der Waals surface area contributed by atoms with Crippen LogP contribution in [0.5, 0.6) is 0 Å². The Hall–Kier alpha value is -2.18. The van der Waals surface area contributed by atoms with E-state index in [1.165, 1.54) is 135 Å². The summed E-state index contributed by atoms with van der Waals surface area (Å²) in [5, 5.41) is 23.8. The van der Waals surface area contributed by atoms with Gasteiger partial charge in [-0.1, -0.05) is 230 Å². The summed E-state index contributed by atoms with van der Waals surface area (Å²) in [6.45, 7) is 6.38. The Morgan fingerprint density at radius 1 is 0.500 bits per heavy atom. The van der Waals surface area contributed by atoms with Gasteiger partial charge in [0.1, 0.15) is 6.10 Å². The number of ether oxygens (including phenoxy) is 1. The molecule has 1 amide bonds. The number of allylic oxidation sites excluding steroid dienone is 8. The summed E-state index contributed by atoms with van der Waals surface area (Å²) < 4.78 is 5.92. The van der Waals surface area contributed by atoms with Crippen LogP contribution in [0.1, 0.15) is 271 Å². The Morgan fingerprint density at radius 2 is 0.919 bits per heavy atom. The molecule has 0 rings (SSSR count). The van der Waals surface area contributed by atoms with E-state index in [4.69, 9.17) is 4.74 Å². The van der Waals surface area contributed by atoms with E-state index in [9.17, 15) is 19.8 Å². The SMILES string of the molecule is CC/C=C/C/C=C/CCCCCCCC(CC(=O)NC(CO)C(O)CCCCCCCCCCCCCCCCC)OC(=O)CCCCC/C=C/C=C/CCCCCCCCC. The molecule has 0 aliphatic carbocycles. The molecule has 0 heterocycles. The number of rotatable bonds is 48. The van der Waals surface area contributed by atoms with Gasteiger partial charge in [-0.25, -0.2) is 0 Å². The molecule has 6 heteroatoms. The van der Waals surface area contributed by atoms with E-state index < -0.39 is 18.2 Å². The van der Waals surface area contributed by atoms with Gasteiger partial charge in [0.15, 0.2) is 0 Å². The number of nitrogens with one attached hydrogen (secondary N) is 1. The third-order valence-electron chi connectivity index (χ3n) is 12.2. The fourth-order valence-corrected chi connectivity index (χ4v) is 8.11. The average Bonchev–Trinajstić information content (AvgIpc) is 3.26. The predicted molar refractivity (Wildman–Crippen MR) is 269 cm³/mol. The number of amides is 1. The molecule has 62 heavy (non-hydrogen) atoms. The summed E-state index contributed by atoms with van der Waals surface area (Å²) in [4.78, 5) is 26.2. The highest BCUT2D eigenvalue weighted by molar-refractivity contribution is 5.77. The smallest absolute Gasteiger partial charge is 0.306 e. The van der Waals surface area contributed by atoms with Crippen molar-refractivity contribution in [1.29, 1.82) is 0 Å². The summed E-state index contributed by atoms with van der Waals surface area (Å²) in [5.74, 6) is -0.514. The number of hydrogen-bond donors (Lipinski definition) is 3. The highest BCUT2D eigenvalue weighted by Crippen LogP contribution is 2.18. The van der Waals surface area contributed by atoms with Crippen LogP contribution in [-0.4, -0.2) is 46.9 Å². The second kappa shape index (κ2) is 49.8. The van der Waals surface area contributed by atoms with Gasteiger partial charge in [0.2, 0.25) is 5.91 Å². The topological polar surface area (TPSA) is 95.9 Å². The zero-order chi connectivity index (χ0) is 45.2. The number of esters is 1. The lowest BCUT2D eigenvalue weighted by atomic mass is 10.0. The molecule has 0 radical (unpaired) electrons. The molecule has 0 saturated carbocycles. The Labute approximate surface area is 385 Å². The third-order valence-corrected chi connectivity index (χ3v) is 12.2. The largest absolute Gasteiger partial charge is 0.462 e. The van der Waals surface area contributed by atoms with Crippen LogP contribution in [0.15, 0.2) is 48.6 Å². The molecule has 3 atom stereocenters. The Morgan fingerprint density at radius 3 is 1.40 bits per heavy atom. The van der Waals surface area contributed by atoms with Crippen molar-refractivity contribution in [1.82, 2.24) is 5.32 Å². The van der Waals surface area contributed by atoms with Gasteiger partial charge >= 0.3 is 5.97 Å². The van der Waals surface area contributed by atoms with Gasteiger partial charge in [-0.3, -0.25) is 9.59 Å². The number of unbranched alkanes of at least 4 members (excludes halogenated alkanes) is 29. The molecule has 0 aromatic carbocycles. The molecule has 0 aromatic rings. The second-order valence-electron chi connectivity index (χ2n) is 18.3. The van der Waals surface area contributed by atoms with E-state index in [2.05, 4.69) is 74.7 Å². The molecule has 6 nitrogen and oxygen atoms in total. The maximum absolute atomic E-state index is 13.2. The van der Waals surface area contributed by atoms with Crippen molar-refractivity contribution >= 4 is 11.9 Å². The monoisotopic (exact) mass is 870 g/mol. The van der Waals surface area contributed by atoms with Crippen LogP contribution in [-0.2, 0) is 14.3 Å². The van der Waals surface area contributed by atoms with Crippen molar-refractivity contribution in [2.75, 3.05) is 6.61 Å². The molecule has 0 bridgehead atoms. The minimum absolute atomic E-state index is 0.0580. The Balaban J connectivity index is 4.57. The Bertz CT molecular complexity index is 1070. The number of aliphatic hydroxyl groups excluding tert-OH is 2. The average molecular weight is 870 g/mol. The number of hydrogen-bond acceptors (Lipinski definition) is 5. The second-order valence-corrected chi connectivity index (χ2v) is 18.3. The maximum atomic E-state index is 13.2. The van der Waals surface area contributed by atoms with Crippen LogP contribution in [0, 0.1) is 0 Å². The summed E-state index contributed by atoms with van der Waals surface area (Å²) in [6.07, 6.45) is 60.3. The standard InChI is InChI=1S/C56H103NO5/c1-4-7-10-13-16-19-22-25-27-29-31-34-37-40-43-46-49-56(61)62-52(47-44-41-38-35-32-24-21-18-15-12-9-6-3)50-55(60)57-53(51-58)54(59)48-45-42-39-36-33-30-28-26-23-20-17-14-11-8-5-2/h9,12,18,21,27,29,31,34,52-54,58-59H,4-8,10-11,13-17,19-20,22-26,28,30,32-33,35-51H2,1-3H3,(H,57,60)/b12-9+,21-18+,29-27+,34-31+. The first kappa shape index (κ1) is 59.8. The van der Waals surface area contributed by atoms with Crippen molar-refractivity contribution in [3.8, 4) is 0 Å². The van der Waals surface area contributed by atoms with E-state index in [1.54, 1.807) is 0 Å². The van der Waals surface area contributed by atoms with Gasteiger partial charge in [-0.05, 0) is 77.0 Å². The molecule has 0 aliphatic heterocycles. The molecular formula is C56H103NO5. The zero-order valence-corrected chi connectivity index (χ0v) is 41.3. The van der Waals surface area contributed by atoms with Gasteiger partial charge < -0.3 is 20.3 Å². The normalized spacial score (nSPS) is 13.6. The summed E-state index contributed by atoms with van der Waals surface area (Å²) in [5.41, 5.74) is 0. The van der Waals surface area contributed by atoms with Crippen LogP contribution < -0.4 is 5.32 Å². The first-order chi connectivity index (χ1) is 30.5. The van der Waals surface area contributed by atoms with Gasteiger partial charge in [-0.2, -0.15) is 0 Å². The summed E-state index contributed by atoms with van der Waals surface area (Å²) in [6, 6.07) is -0.711. The van der Waals surface area contributed by atoms with Crippen LogP contribution in [0.3, 0.4) is 0 Å². The highest BCUT2D eigenvalue weighted by atomic mass is 16.5. The number of carbonyl (C=O) groups is 2. The molecule has 0 saturated heterocycles. The van der Waals surface area contributed by atoms with Crippen molar-refractivity contribution in [2.45, 2.75) is 289 Å². The molecular weight excluding hydrogens is 767 g/mol. The first-order valence-corrected chi connectivity index (χ1v) is 26.9.